The minimum absolute atomic E-state index is 0.356. The smallest absolute Gasteiger partial charge is 0.330 e. The molecule has 0 bridgehead atoms. The molecule has 0 fully saturated rings. The number of hydrogen-bond donors (Lipinski definition) is 2. The Bertz CT molecular complexity index is 874. The summed E-state index contributed by atoms with van der Waals surface area (Å²) in [5.74, 6) is 0.727. The standard InChI is InChI=1S/C15H16N4O2/c1-2-6-11-16-12-13(17-11)19(15(21)18-14(12)20)9-10-7-4-3-5-8-10/h3-5,7-8H,2,6,9H2,1H3,(H,16,17)(H,18,20,21). The SMILES string of the molecule is CCCc1nc2c([nH]1)c(=O)[nH]c(=O)n2Cc1ccccc1. The zero-order valence-corrected chi connectivity index (χ0v) is 11.7. The van der Waals surface area contributed by atoms with Crippen molar-refractivity contribution in [2.75, 3.05) is 0 Å². The maximum absolute atomic E-state index is 12.1. The van der Waals surface area contributed by atoms with Crippen LogP contribution in [0.3, 0.4) is 0 Å². The first-order valence-electron chi connectivity index (χ1n) is 6.94. The van der Waals surface area contributed by atoms with Crippen molar-refractivity contribution >= 4 is 11.2 Å². The fourth-order valence-corrected chi connectivity index (χ4v) is 2.36. The highest BCUT2D eigenvalue weighted by atomic mass is 16.2. The molecule has 0 aliphatic carbocycles. The first-order chi connectivity index (χ1) is 10.2. The van der Waals surface area contributed by atoms with Gasteiger partial charge in [0.25, 0.3) is 5.56 Å². The number of nitrogens with zero attached hydrogens (tertiary/aromatic N) is 2. The predicted molar refractivity (Wildman–Crippen MR) is 80.5 cm³/mol. The van der Waals surface area contributed by atoms with Crippen molar-refractivity contribution in [2.45, 2.75) is 26.3 Å². The molecule has 2 N–H and O–H groups in total. The van der Waals surface area contributed by atoms with E-state index in [1.54, 1.807) is 0 Å². The van der Waals surface area contributed by atoms with Crippen LogP contribution >= 0.6 is 0 Å². The highest BCUT2D eigenvalue weighted by Crippen LogP contribution is 2.09. The molecule has 3 rings (SSSR count). The summed E-state index contributed by atoms with van der Waals surface area (Å²) in [7, 11) is 0. The minimum Gasteiger partial charge on any atom is -0.336 e. The van der Waals surface area contributed by atoms with Crippen molar-refractivity contribution in [1.29, 1.82) is 0 Å². The average molecular weight is 284 g/mol. The van der Waals surface area contributed by atoms with Gasteiger partial charge in [0.05, 0.1) is 6.54 Å². The van der Waals surface area contributed by atoms with E-state index in [4.69, 9.17) is 0 Å². The van der Waals surface area contributed by atoms with Crippen molar-refractivity contribution < 1.29 is 0 Å². The molecule has 1 aromatic carbocycles. The second-order valence-corrected chi connectivity index (χ2v) is 4.96. The minimum atomic E-state index is -0.439. The van der Waals surface area contributed by atoms with E-state index in [-0.39, 0.29) is 0 Å². The molecule has 3 aromatic rings. The monoisotopic (exact) mass is 284 g/mol. The number of fused-ring (bicyclic) bond motifs is 1. The predicted octanol–water partition coefficient (Wildman–Crippen LogP) is 1.41. The summed E-state index contributed by atoms with van der Waals surface area (Å²) < 4.78 is 1.49. The highest BCUT2D eigenvalue weighted by molar-refractivity contribution is 5.69. The molecule has 6 heteroatoms. The fraction of sp³-hybridized carbons (Fsp3) is 0.267. The normalized spacial score (nSPS) is 11.1. The molecule has 0 aliphatic rings. The molecule has 0 saturated carbocycles. The van der Waals surface area contributed by atoms with Crippen molar-refractivity contribution in [3.63, 3.8) is 0 Å². The molecule has 21 heavy (non-hydrogen) atoms. The molecule has 2 aromatic heterocycles. The Labute approximate surface area is 120 Å². The molecule has 0 radical (unpaired) electrons. The highest BCUT2D eigenvalue weighted by Gasteiger charge is 2.12. The summed E-state index contributed by atoms with van der Waals surface area (Å²) in [5, 5.41) is 0. The summed E-state index contributed by atoms with van der Waals surface area (Å²) in [6.45, 7) is 2.41. The Morgan fingerprint density at radius 2 is 1.90 bits per heavy atom. The van der Waals surface area contributed by atoms with Crippen molar-refractivity contribution in [2.24, 2.45) is 0 Å². The summed E-state index contributed by atoms with van der Waals surface area (Å²) in [4.78, 5) is 33.7. The topological polar surface area (TPSA) is 83.5 Å². The van der Waals surface area contributed by atoms with Crippen molar-refractivity contribution in [1.82, 2.24) is 19.5 Å². The van der Waals surface area contributed by atoms with E-state index in [1.807, 2.05) is 37.3 Å². The second kappa shape index (κ2) is 5.40. The van der Waals surface area contributed by atoms with Gasteiger partial charge in [-0.2, -0.15) is 0 Å². The number of rotatable bonds is 4. The van der Waals surface area contributed by atoms with Crippen LogP contribution in [0, 0.1) is 0 Å². The Morgan fingerprint density at radius 3 is 2.62 bits per heavy atom. The number of benzene rings is 1. The van der Waals surface area contributed by atoms with Crippen LogP contribution in [0.5, 0.6) is 0 Å². The molecule has 0 amide bonds. The van der Waals surface area contributed by atoms with E-state index >= 15 is 0 Å². The van der Waals surface area contributed by atoms with E-state index in [0.717, 1.165) is 24.2 Å². The van der Waals surface area contributed by atoms with E-state index in [1.165, 1.54) is 4.57 Å². The third kappa shape index (κ3) is 2.52. The van der Waals surface area contributed by atoms with Gasteiger partial charge in [-0.1, -0.05) is 37.3 Å². The van der Waals surface area contributed by atoms with Crippen LogP contribution in [0.1, 0.15) is 24.7 Å². The third-order valence-corrected chi connectivity index (χ3v) is 3.35. The number of H-pyrrole nitrogens is 2. The quantitative estimate of drug-likeness (QED) is 0.760. The molecule has 108 valence electrons. The molecule has 0 saturated heterocycles. The zero-order chi connectivity index (χ0) is 14.8. The van der Waals surface area contributed by atoms with Gasteiger partial charge in [0.15, 0.2) is 5.65 Å². The molecular formula is C15H16N4O2. The number of aromatic nitrogens is 4. The molecule has 0 unspecified atom stereocenters. The number of aryl methyl sites for hydroxylation is 1. The number of imidazole rings is 1. The van der Waals surface area contributed by atoms with Gasteiger partial charge < -0.3 is 4.98 Å². The van der Waals surface area contributed by atoms with Crippen LogP contribution in [0.4, 0.5) is 0 Å². The van der Waals surface area contributed by atoms with Gasteiger partial charge >= 0.3 is 5.69 Å². The number of nitrogens with one attached hydrogen (secondary N) is 2. The molecule has 2 heterocycles. The van der Waals surface area contributed by atoms with Gasteiger partial charge in [-0.25, -0.2) is 9.78 Å². The third-order valence-electron chi connectivity index (χ3n) is 3.35. The second-order valence-electron chi connectivity index (χ2n) is 4.96. The maximum atomic E-state index is 12.1. The van der Waals surface area contributed by atoms with Crippen LogP contribution in [-0.2, 0) is 13.0 Å². The van der Waals surface area contributed by atoms with Crippen LogP contribution < -0.4 is 11.2 Å². The summed E-state index contributed by atoms with van der Waals surface area (Å²) >= 11 is 0. The molecule has 0 atom stereocenters. The lowest BCUT2D eigenvalue weighted by Crippen LogP contribution is -2.30. The van der Waals surface area contributed by atoms with Gasteiger partial charge in [0, 0.05) is 6.42 Å². The van der Waals surface area contributed by atoms with E-state index in [0.29, 0.717) is 17.7 Å². The molecule has 0 spiro atoms. The van der Waals surface area contributed by atoms with Crippen molar-refractivity contribution in [3.8, 4) is 0 Å². The van der Waals surface area contributed by atoms with Crippen LogP contribution in [0.25, 0.3) is 11.2 Å². The maximum Gasteiger partial charge on any atom is 0.330 e. The molecule has 6 nitrogen and oxygen atoms in total. The summed E-state index contributed by atoms with van der Waals surface area (Å²) in [6.07, 6.45) is 1.66. The van der Waals surface area contributed by atoms with Crippen LogP contribution in [0.2, 0.25) is 0 Å². The number of hydrogen-bond acceptors (Lipinski definition) is 3. The van der Waals surface area contributed by atoms with Gasteiger partial charge in [-0.05, 0) is 12.0 Å². The Kier molecular flexibility index (Phi) is 3.43. The van der Waals surface area contributed by atoms with Crippen LogP contribution in [0.15, 0.2) is 39.9 Å². The molecule has 0 aliphatic heterocycles. The van der Waals surface area contributed by atoms with Crippen molar-refractivity contribution in [3.05, 3.63) is 62.6 Å². The Morgan fingerprint density at radius 1 is 1.14 bits per heavy atom. The lowest BCUT2D eigenvalue weighted by molar-refractivity contribution is 0.746. The number of aromatic amines is 2. The van der Waals surface area contributed by atoms with Gasteiger partial charge in [0.1, 0.15) is 11.3 Å². The zero-order valence-electron chi connectivity index (χ0n) is 11.7. The average Bonchev–Trinajstić information content (AvgIpc) is 2.89. The van der Waals surface area contributed by atoms with Crippen LogP contribution in [-0.4, -0.2) is 19.5 Å². The van der Waals surface area contributed by atoms with E-state index < -0.39 is 11.2 Å². The Hall–Kier alpha value is -2.63. The Balaban J connectivity index is 2.17. The lowest BCUT2D eigenvalue weighted by Gasteiger charge is -2.05. The van der Waals surface area contributed by atoms with E-state index in [2.05, 4.69) is 15.0 Å². The van der Waals surface area contributed by atoms with Gasteiger partial charge in [0.2, 0.25) is 0 Å². The summed E-state index contributed by atoms with van der Waals surface area (Å²) in [5.41, 5.74) is 0.887. The van der Waals surface area contributed by atoms with Gasteiger partial charge in [-0.15, -0.1) is 0 Å². The largest absolute Gasteiger partial charge is 0.336 e. The summed E-state index contributed by atoms with van der Waals surface area (Å²) in [6, 6.07) is 9.61. The lowest BCUT2D eigenvalue weighted by atomic mass is 10.2. The molecular weight excluding hydrogens is 268 g/mol. The van der Waals surface area contributed by atoms with Gasteiger partial charge in [-0.3, -0.25) is 14.3 Å². The first kappa shape index (κ1) is 13.4. The fourth-order valence-electron chi connectivity index (χ4n) is 2.36. The first-order valence-corrected chi connectivity index (χ1v) is 6.94. The van der Waals surface area contributed by atoms with E-state index in [9.17, 15) is 9.59 Å².